The minimum atomic E-state index is -3.09. The summed E-state index contributed by atoms with van der Waals surface area (Å²) in [5, 5.41) is 0. The van der Waals surface area contributed by atoms with Gasteiger partial charge in [0, 0.05) is 6.54 Å². The SMILES string of the molecule is CCCCC(CC)CNS(=O)(=O)CCCCN. The van der Waals surface area contributed by atoms with Crippen LogP contribution in [0.1, 0.15) is 52.4 Å². The average Bonchev–Trinajstić information content (AvgIpc) is 2.29. The predicted molar refractivity (Wildman–Crippen MR) is 73.4 cm³/mol. The molecule has 0 spiro atoms. The molecule has 3 N–H and O–H groups in total. The van der Waals surface area contributed by atoms with Gasteiger partial charge in [-0.2, -0.15) is 0 Å². The molecule has 5 heteroatoms. The van der Waals surface area contributed by atoms with Crippen LogP contribution < -0.4 is 10.5 Å². The summed E-state index contributed by atoms with van der Waals surface area (Å²) in [5.74, 6) is 0.674. The maximum atomic E-state index is 11.6. The molecule has 0 radical (unpaired) electrons. The van der Waals surface area contributed by atoms with Crippen LogP contribution in [0.5, 0.6) is 0 Å². The molecule has 0 bridgehead atoms. The second-order valence-electron chi connectivity index (χ2n) is 4.58. The van der Waals surface area contributed by atoms with Gasteiger partial charge in [0.1, 0.15) is 0 Å². The van der Waals surface area contributed by atoms with E-state index in [9.17, 15) is 8.42 Å². The van der Waals surface area contributed by atoms with E-state index in [2.05, 4.69) is 18.6 Å². The van der Waals surface area contributed by atoms with Crippen LogP contribution in [0, 0.1) is 5.92 Å². The summed E-state index contributed by atoms with van der Waals surface area (Å²) in [6, 6.07) is 0. The number of rotatable bonds is 11. The van der Waals surface area contributed by atoms with Crippen molar-refractivity contribution in [3.8, 4) is 0 Å². The molecule has 1 atom stereocenters. The molecule has 0 aliphatic heterocycles. The van der Waals surface area contributed by atoms with Gasteiger partial charge in [0.05, 0.1) is 5.75 Å². The molecule has 0 saturated carbocycles. The van der Waals surface area contributed by atoms with E-state index < -0.39 is 10.0 Å². The first-order chi connectivity index (χ1) is 8.05. The van der Waals surface area contributed by atoms with Crippen LogP contribution in [0.25, 0.3) is 0 Å². The Labute approximate surface area is 106 Å². The second-order valence-corrected chi connectivity index (χ2v) is 6.51. The van der Waals surface area contributed by atoms with Crippen LogP contribution in [0.4, 0.5) is 0 Å². The highest BCUT2D eigenvalue weighted by atomic mass is 32.2. The van der Waals surface area contributed by atoms with Crippen molar-refractivity contribution >= 4 is 10.0 Å². The number of nitrogens with two attached hydrogens (primary N) is 1. The predicted octanol–water partition coefficient (Wildman–Crippen LogP) is 1.86. The van der Waals surface area contributed by atoms with Crippen molar-refractivity contribution in [2.75, 3.05) is 18.8 Å². The Bertz CT molecular complexity index is 266. The highest BCUT2D eigenvalue weighted by molar-refractivity contribution is 7.89. The van der Waals surface area contributed by atoms with Crippen molar-refractivity contribution in [3.63, 3.8) is 0 Å². The van der Waals surface area contributed by atoms with E-state index in [1.54, 1.807) is 0 Å². The lowest BCUT2D eigenvalue weighted by Crippen LogP contribution is -2.31. The topological polar surface area (TPSA) is 72.2 Å². The third-order valence-electron chi connectivity index (χ3n) is 3.00. The van der Waals surface area contributed by atoms with Crippen LogP contribution in [0.2, 0.25) is 0 Å². The van der Waals surface area contributed by atoms with E-state index in [-0.39, 0.29) is 5.75 Å². The van der Waals surface area contributed by atoms with Crippen LogP contribution in [-0.4, -0.2) is 27.3 Å². The Morgan fingerprint density at radius 1 is 1.18 bits per heavy atom. The van der Waals surface area contributed by atoms with Gasteiger partial charge in [-0.1, -0.05) is 33.1 Å². The molecular weight excluding hydrogens is 236 g/mol. The number of sulfonamides is 1. The van der Waals surface area contributed by atoms with Gasteiger partial charge in [0.15, 0.2) is 0 Å². The maximum Gasteiger partial charge on any atom is 0.211 e. The van der Waals surface area contributed by atoms with Crippen LogP contribution >= 0.6 is 0 Å². The molecule has 0 rings (SSSR count). The molecule has 0 fully saturated rings. The zero-order chi connectivity index (χ0) is 13.1. The molecular formula is C12H28N2O2S. The summed E-state index contributed by atoms with van der Waals surface area (Å²) >= 11 is 0. The summed E-state index contributed by atoms with van der Waals surface area (Å²) < 4.78 is 26.0. The fourth-order valence-corrected chi connectivity index (χ4v) is 2.91. The quantitative estimate of drug-likeness (QED) is 0.560. The zero-order valence-corrected chi connectivity index (χ0v) is 12.1. The second kappa shape index (κ2) is 9.85. The molecule has 0 aromatic heterocycles. The molecule has 0 heterocycles. The fourth-order valence-electron chi connectivity index (χ4n) is 1.70. The molecule has 0 amide bonds. The molecule has 0 aliphatic carbocycles. The molecule has 0 aliphatic rings. The highest BCUT2D eigenvalue weighted by Gasteiger charge is 2.12. The van der Waals surface area contributed by atoms with E-state index in [0.29, 0.717) is 25.4 Å². The molecule has 0 aromatic carbocycles. The Morgan fingerprint density at radius 3 is 2.41 bits per heavy atom. The van der Waals surface area contributed by atoms with Gasteiger partial charge in [-0.3, -0.25) is 0 Å². The summed E-state index contributed by atoms with van der Waals surface area (Å²) in [4.78, 5) is 0. The number of nitrogens with one attached hydrogen (secondary N) is 1. The van der Waals surface area contributed by atoms with Crippen LogP contribution in [0.3, 0.4) is 0 Å². The van der Waals surface area contributed by atoms with Gasteiger partial charge in [-0.15, -0.1) is 0 Å². The highest BCUT2D eigenvalue weighted by Crippen LogP contribution is 2.11. The molecule has 1 unspecified atom stereocenters. The molecule has 0 saturated heterocycles. The van der Waals surface area contributed by atoms with Gasteiger partial charge in [-0.25, -0.2) is 13.1 Å². The van der Waals surface area contributed by atoms with Crippen molar-refractivity contribution in [2.45, 2.75) is 52.4 Å². The smallest absolute Gasteiger partial charge is 0.211 e. The Hall–Kier alpha value is -0.130. The van der Waals surface area contributed by atoms with E-state index in [0.717, 1.165) is 19.3 Å². The van der Waals surface area contributed by atoms with Gasteiger partial charge in [-0.05, 0) is 31.7 Å². The van der Waals surface area contributed by atoms with Crippen molar-refractivity contribution < 1.29 is 8.42 Å². The molecule has 0 aromatic rings. The van der Waals surface area contributed by atoms with Crippen LogP contribution in [0.15, 0.2) is 0 Å². The fraction of sp³-hybridized carbons (Fsp3) is 1.00. The van der Waals surface area contributed by atoms with E-state index in [4.69, 9.17) is 5.73 Å². The zero-order valence-electron chi connectivity index (χ0n) is 11.2. The normalized spacial score (nSPS) is 13.8. The van der Waals surface area contributed by atoms with E-state index in [1.165, 1.54) is 12.8 Å². The number of unbranched alkanes of at least 4 members (excludes halogenated alkanes) is 2. The standard InChI is InChI=1S/C12H28N2O2S/c1-3-5-8-12(4-2)11-14-17(15,16)10-7-6-9-13/h12,14H,3-11,13H2,1-2H3. The summed E-state index contributed by atoms with van der Waals surface area (Å²) in [5.41, 5.74) is 5.34. The van der Waals surface area contributed by atoms with Gasteiger partial charge < -0.3 is 5.73 Å². The summed E-state index contributed by atoms with van der Waals surface area (Å²) in [7, 11) is -3.09. The van der Waals surface area contributed by atoms with Crippen LogP contribution in [-0.2, 0) is 10.0 Å². The van der Waals surface area contributed by atoms with Crippen molar-refractivity contribution in [1.82, 2.24) is 4.72 Å². The Kier molecular flexibility index (Phi) is 9.78. The number of hydrogen-bond acceptors (Lipinski definition) is 3. The minimum Gasteiger partial charge on any atom is -0.330 e. The van der Waals surface area contributed by atoms with Gasteiger partial charge in [0.25, 0.3) is 0 Å². The van der Waals surface area contributed by atoms with Crippen molar-refractivity contribution in [1.29, 1.82) is 0 Å². The monoisotopic (exact) mass is 264 g/mol. The lowest BCUT2D eigenvalue weighted by Gasteiger charge is -2.15. The third-order valence-corrected chi connectivity index (χ3v) is 4.44. The molecule has 17 heavy (non-hydrogen) atoms. The van der Waals surface area contributed by atoms with E-state index >= 15 is 0 Å². The van der Waals surface area contributed by atoms with Gasteiger partial charge in [0.2, 0.25) is 10.0 Å². The minimum absolute atomic E-state index is 0.203. The summed E-state index contributed by atoms with van der Waals surface area (Å²) in [6.07, 6.45) is 5.91. The Morgan fingerprint density at radius 2 is 1.88 bits per heavy atom. The first kappa shape index (κ1) is 16.9. The number of hydrogen-bond donors (Lipinski definition) is 2. The largest absolute Gasteiger partial charge is 0.330 e. The summed E-state index contributed by atoms with van der Waals surface area (Å²) in [6.45, 7) is 5.41. The molecule has 4 nitrogen and oxygen atoms in total. The first-order valence-electron chi connectivity index (χ1n) is 6.73. The van der Waals surface area contributed by atoms with Crippen molar-refractivity contribution in [2.24, 2.45) is 11.7 Å². The van der Waals surface area contributed by atoms with E-state index in [1.807, 2.05) is 0 Å². The lowest BCUT2D eigenvalue weighted by atomic mass is 10.00. The Balaban J connectivity index is 3.88. The average molecular weight is 264 g/mol. The van der Waals surface area contributed by atoms with Gasteiger partial charge >= 0.3 is 0 Å². The lowest BCUT2D eigenvalue weighted by molar-refractivity contribution is 0.443. The third kappa shape index (κ3) is 9.56. The maximum absolute atomic E-state index is 11.6. The first-order valence-corrected chi connectivity index (χ1v) is 8.38. The molecule has 104 valence electrons. The van der Waals surface area contributed by atoms with Crippen molar-refractivity contribution in [3.05, 3.63) is 0 Å².